The van der Waals surface area contributed by atoms with Gasteiger partial charge in [-0.3, -0.25) is 0 Å². The second-order valence-electron chi connectivity index (χ2n) is 12.3. The molecule has 5 rings (SSSR count). The molecule has 0 amide bonds. The Kier molecular flexibility index (Phi) is 8.23. The van der Waals surface area contributed by atoms with Gasteiger partial charge < -0.3 is 4.90 Å². The molecule has 3 aromatic carbocycles. The molecule has 2 nitrogen and oxygen atoms in total. The lowest BCUT2D eigenvalue weighted by atomic mass is 9.58. The fourth-order valence-electron chi connectivity index (χ4n) is 7.57. The van der Waals surface area contributed by atoms with Crippen molar-refractivity contribution in [3.8, 4) is 11.1 Å². The fraction of sp³-hybridized carbons (Fsp3) is 0.359. The Morgan fingerprint density at radius 3 is 2.29 bits per heavy atom. The van der Waals surface area contributed by atoms with Gasteiger partial charge in [0, 0.05) is 31.4 Å². The third-order valence-corrected chi connectivity index (χ3v) is 9.87. The van der Waals surface area contributed by atoms with E-state index in [1.165, 1.54) is 39.1 Å². The first-order valence-corrected chi connectivity index (χ1v) is 15.5. The van der Waals surface area contributed by atoms with E-state index in [1.807, 2.05) is 0 Å². The van der Waals surface area contributed by atoms with Crippen molar-refractivity contribution < 1.29 is 4.58 Å². The molecule has 0 aromatic heterocycles. The lowest BCUT2D eigenvalue weighted by Crippen LogP contribution is -2.64. The molecular formula is C39H47N2+. The maximum Gasteiger partial charge on any atom is 0.191 e. The molecule has 2 aliphatic heterocycles. The highest BCUT2D eigenvalue weighted by Crippen LogP contribution is 2.50. The van der Waals surface area contributed by atoms with Crippen LogP contribution in [0.3, 0.4) is 0 Å². The zero-order chi connectivity index (χ0) is 29.2. The van der Waals surface area contributed by atoms with Gasteiger partial charge in [0.2, 0.25) is 0 Å². The van der Waals surface area contributed by atoms with Crippen molar-refractivity contribution >= 4 is 5.71 Å². The van der Waals surface area contributed by atoms with Crippen LogP contribution in [0.15, 0.2) is 110 Å². The van der Waals surface area contributed by atoms with Crippen LogP contribution in [0, 0.1) is 12.8 Å². The van der Waals surface area contributed by atoms with Crippen molar-refractivity contribution in [2.75, 3.05) is 6.54 Å². The molecule has 0 fully saturated rings. The van der Waals surface area contributed by atoms with Crippen molar-refractivity contribution in [3.05, 3.63) is 132 Å². The highest BCUT2D eigenvalue weighted by molar-refractivity contribution is 6.01. The smallest absolute Gasteiger partial charge is 0.191 e. The SMILES string of the molecule is CC=C[N+]1=C(C(C)C)c2ccccc2C(CC)(CN2C=CC=CC2c2ccc(-c3ccccc3)cc2C)C1(C)CC. The second kappa shape index (κ2) is 11.7. The van der Waals surface area contributed by atoms with E-state index in [4.69, 9.17) is 0 Å². The average molecular weight is 544 g/mol. The minimum Gasteiger partial charge on any atom is -0.366 e. The summed E-state index contributed by atoms with van der Waals surface area (Å²) in [6, 6.07) is 27.1. The summed E-state index contributed by atoms with van der Waals surface area (Å²) in [6.45, 7) is 17.3. The number of benzene rings is 3. The number of nitrogens with zero attached hydrogens (tertiary/aromatic N) is 2. The van der Waals surface area contributed by atoms with Gasteiger partial charge in [0.15, 0.2) is 17.5 Å². The van der Waals surface area contributed by atoms with Crippen LogP contribution in [0.1, 0.15) is 82.7 Å². The Morgan fingerprint density at radius 2 is 1.63 bits per heavy atom. The first-order valence-electron chi connectivity index (χ1n) is 15.5. The Balaban J connectivity index is 1.63. The van der Waals surface area contributed by atoms with Gasteiger partial charge in [0.25, 0.3) is 0 Å². The largest absolute Gasteiger partial charge is 0.366 e. The van der Waals surface area contributed by atoms with Crippen LogP contribution in [0.5, 0.6) is 0 Å². The minimum absolute atomic E-state index is 0.0815. The molecular weight excluding hydrogens is 496 g/mol. The van der Waals surface area contributed by atoms with Crippen LogP contribution < -0.4 is 0 Å². The van der Waals surface area contributed by atoms with Gasteiger partial charge in [-0.2, -0.15) is 4.58 Å². The van der Waals surface area contributed by atoms with Crippen molar-refractivity contribution in [2.45, 2.75) is 78.3 Å². The normalized spacial score (nSPS) is 24.0. The van der Waals surface area contributed by atoms with Crippen molar-refractivity contribution in [3.63, 3.8) is 0 Å². The number of fused-ring (bicyclic) bond motifs is 1. The van der Waals surface area contributed by atoms with Gasteiger partial charge >= 0.3 is 0 Å². The molecule has 0 saturated carbocycles. The number of allylic oxidation sites excluding steroid dienone is 3. The first kappa shape index (κ1) is 28.9. The molecule has 0 N–H and O–H groups in total. The van der Waals surface area contributed by atoms with Gasteiger partial charge in [0.05, 0.1) is 11.5 Å². The summed E-state index contributed by atoms with van der Waals surface area (Å²) in [6.07, 6.45) is 15.8. The van der Waals surface area contributed by atoms with Gasteiger partial charge in [-0.05, 0) is 72.5 Å². The maximum absolute atomic E-state index is 2.64. The summed E-state index contributed by atoms with van der Waals surface area (Å²) in [7, 11) is 0. The van der Waals surface area contributed by atoms with Crippen molar-refractivity contribution in [1.29, 1.82) is 0 Å². The number of hydrogen-bond acceptors (Lipinski definition) is 1. The zero-order valence-electron chi connectivity index (χ0n) is 26.1. The van der Waals surface area contributed by atoms with Crippen LogP contribution >= 0.6 is 0 Å². The van der Waals surface area contributed by atoms with E-state index in [1.54, 1.807) is 0 Å². The second-order valence-corrected chi connectivity index (χ2v) is 12.3. The van der Waals surface area contributed by atoms with E-state index >= 15 is 0 Å². The maximum atomic E-state index is 2.64. The van der Waals surface area contributed by atoms with Crippen molar-refractivity contribution in [1.82, 2.24) is 4.90 Å². The summed E-state index contributed by atoms with van der Waals surface area (Å²) < 4.78 is 2.64. The van der Waals surface area contributed by atoms with E-state index in [-0.39, 0.29) is 17.0 Å². The van der Waals surface area contributed by atoms with Crippen LogP contribution in [0.4, 0.5) is 0 Å². The van der Waals surface area contributed by atoms with Gasteiger partial charge in [-0.1, -0.05) is 107 Å². The van der Waals surface area contributed by atoms with Gasteiger partial charge in [-0.15, -0.1) is 0 Å². The first-order chi connectivity index (χ1) is 19.8. The van der Waals surface area contributed by atoms with E-state index in [2.05, 4.69) is 167 Å². The lowest BCUT2D eigenvalue weighted by Gasteiger charge is -2.51. The van der Waals surface area contributed by atoms with E-state index in [0.29, 0.717) is 5.92 Å². The molecule has 2 aliphatic rings. The van der Waals surface area contributed by atoms with Crippen LogP contribution in [0.25, 0.3) is 11.1 Å². The number of rotatable bonds is 8. The van der Waals surface area contributed by atoms with Gasteiger partial charge in [0.1, 0.15) is 0 Å². The molecule has 2 heterocycles. The topological polar surface area (TPSA) is 6.25 Å². The minimum atomic E-state index is -0.0893. The van der Waals surface area contributed by atoms with Crippen LogP contribution in [0.2, 0.25) is 0 Å². The average Bonchev–Trinajstić information content (AvgIpc) is 3.00. The highest BCUT2D eigenvalue weighted by atomic mass is 15.2. The van der Waals surface area contributed by atoms with Crippen LogP contribution in [-0.4, -0.2) is 27.3 Å². The standard InChI is InChI=1S/C39H47N2/c1-8-25-41-37(29(4)5)34-20-14-15-21-35(34)39(10-3,38(41,7)9-2)28-40-26-17-16-22-36(40)33-24-23-32(27-30(33)6)31-18-12-11-13-19-31/h8,11-27,29,36H,9-10,28H2,1-7H3/q+1. The van der Waals surface area contributed by atoms with Crippen molar-refractivity contribution in [2.24, 2.45) is 5.92 Å². The zero-order valence-corrected chi connectivity index (χ0v) is 26.1. The van der Waals surface area contributed by atoms with E-state index in [9.17, 15) is 0 Å². The molecule has 2 heteroatoms. The molecule has 3 aromatic rings. The molecule has 41 heavy (non-hydrogen) atoms. The Hall–Kier alpha value is -3.65. The summed E-state index contributed by atoms with van der Waals surface area (Å²) >= 11 is 0. The third-order valence-electron chi connectivity index (χ3n) is 9.87. The Morgan fingerprint density at radius 1 is 0.902 bits per heavy atom. The molecule has 3 atom stereocenters. The summed E-state index contributed by atoms with van der Waals surface area (Å²) in [5, 5.41) is 0. The molecule has 0 saturated heterocycles. The summed E-state index contributed by atoms with van der Waals surface area (Å²) in [5.74, 6) is 0.421. The molecule has 3 unspecified atom stereocenters. The number of aryl methyl sites for hydroxylation is 1. The molecule has 0 radical (unpaired) electrons. The Labute approximate surface area is 248 Å². The highest BCUT2D eigenvalue weighted by Gasteiger charge is 2.60. The lowest BCUT2D eigenvalue weighted by molar-refractivity contribution is -0.565. The summed E-state index contributed by atoms with van der Waals surface area (Å²) in [4.78, 5) is 2.60. The predicted octanol–water partition coefficient (Wildman–Crippen LogP) is 9.61. The van der Waals surface area contributed by atoms with E-state index < -0.39 is 0 Å². The molecule has 0 aliphatic carbocycles. The molecule has 0 bridgehead atoms. The number of hydrogen-bond donors (Lipinski definition) is 0. The van der Waals surface area contributed by atoms with Crippen LogP contribution in [-0.2, 0) is 5.41 Å². The molecule has 0 spiro atoms. The van der Waals surface area contributed by atoms with Gasteiger partial charge in [-0.25, -0.2) is 0 Å². The Bertz CT molecular complexity index is 1510. The van der Waals surface area contributed by atoms with E-state index in [0.717, 1.165) is 19.4 Å². The monoisotopic (exact) mass is 543 g/mol. The fourth-order valence-corrected chi connectivity index (χ4v) is 7.57. The predicted molar refractivity (Wildman–Crippen MR) is 175 cm³/mol. The summed E-state index contributed by atoms with van der Waals surface area (Å²) in [5.41, 5.74) is 9.41. The quantitative estimate of drug-likeness (QED) is 0.256. The third kappa shape index (κ3) is 4.82. The molecule has 212 valence electrons.